The standard InChI is InChI=1S/C32H32N2O/c1-24-14-13-21-29(25(24)2)31(3,35)30-22-33-23-34(30)32(26-15-7-4-8-16-26,27-17-9-5-10-18-27)28-19-11-6-12-20-28/h4-22,33,35H,23H2,1-3H3/t31-/m0/s1. The average molecular weight is 461 g/mol. The Hall–Kier alpha value is -3.82. The average Bonchev–Trinajstić information content (AvgIpc) is 3.39. The van der Waals surface area contributed by atoms with E-state index in [0.717, 1.165) is 33.5 Å². The van der Waals surface area contributed by atoms with Gasteiger partial charge < -0.3 is 15.3 Å². The first kappa shape index (κ1) is 22.9. The highest BCUT2D eigenvalue weighted by Gasteiger charge is 2.48. The number of aliphatic hydroxyl groups is 1. The molecule has 0 radical (unpaired) electrons. The van der Waals surface area contributed by atoms with Gasteiger partial charge >= 0.3 is 0 Å². The van der Waals surface area contributed by atoms with E-state index in [1.54, 1.807) is 0 Å². The van der Waals surface area contributed by atoms with Gasteiger partial charge in [-0.2, -0.15) is 0 Å². The van der Waals surface area contributed by atoms with Crippen molar-refractivity contribution < 1.29 is 5.11 Å². The molecule has 176 valence electrons. The van der Waals surface area contributed by atoms with E-state index in [1.165, 1.54) is 5.56 Å². The van der Waals surface area contributed by atoms with E-state index in [4.69, 9.17) is 0 Å². The molecule has 0 amide bonds. The second kappa shape index (κ2) is 9.09. The number of nitrogens with one attached hydrogen (secondary N) is 1. The van der Waals surface area contributed by atoms with E-state index >= 15 is 0 Å². The largest absolute Gasteiger partial charge is 0.379 e. The van der Waals surface area contributed by atoms with Crippen LogP contribution in [0.3, 0.4) is 0 Å². The smallest absolute Gasteiger partial charge is 0.128 e. The van der Waals surface area contributed by atoms with Crippen LogP contribution in [0.1, 0.15) is 40.3 Å². The quantitative estimate of drug-likeness (QED) is 0.336. The van der Waals surface area contributed by atoms with Crippen molar-refractivity contribution in [2.45, 2.75) is 31.9 Å². The Morgan fingerprint density at radius 3 is 1.66 bits per heavy atom. The van der Waals surface area contributed by atoms with Gasteiger partial charge in [0.05, 0.1) is 12.4 Å². The maximum Gasteiger partial charge on any atom is 0.128 e. The van der Waals surface area contributed by atoms with Gasteiger partial charge in [-0.3, -0.25) is 0 Å². The van der Waals surface area contributed by atoms with E-state index < -0.39 is 11.1 Å². The van der Waals surface area contributed by atoms with Gasteiger partial charge in [0.1, 0.15) is 11.1 Å². The number of hydrogen-bond acceptors (Lipinski definition) is 3. The Labute approximate surface area is 208 Å². The Kier molecular flexibility index (Phi) is 5.96. The van der Waals surface area contributed by atoms with Crippen LogP contribution in [0, 0.1) is 13.8 Å². The van der Waals surface area contributed by atoms with Gasteiger partial charge in [-0.25, -0.2) is 0 Å². The van der Waals surface area contributed by atoms with E-state index in [9.17, 15) is 5.11 Å². The predicted molar refractivity (Wildman–Crippen MR) is 143 cm³/mol. The van der Waals surface area contributed by atoms with Crippen molar-refractivity contribution in [1.29, 1.82) is 0 Å². The molecule has 0 aliphatic carbocycles. The van der Waals surface area contributed by atoms with Crippen LogP contribution in [0.5, 0.6) is 0 Å². The zero-order chi connectivity index (χ0) is 24.5. The van der Waals surface area contributed by atoms with Crippen molar-refractivity contribution in [1.82, 2.24) is 10.2 Å². The molecule has 0 spiro atoms. The summed E-state index contributed by atoms with van der Waals surface area (Å²) in [4.78, 5) is 2.33. The van der Waals surface area contributed by atoms with Gasteiger partial charge in [-0.15, -0.1) is 0 Å². The third-order valence-electron chi connectivity index (χ3n) is 7.39. The topological polar surface area (TPSA) is 35.5 Å². The van der Waals surface area contributed by atoms with Crippen LogP contribution in [-0.2, 0) is 11.1 Å². The van der Waals surface area contributed by atoms with Crippen molar-refractivity contribution in [3.8, 4) is 0 Å². The lowest BCUT2D eigenvalue weighted by Gasteiger charge is -2.48. The number of rotatable bonds is 6. The molecule has 3 heteroatoms. The predicted octanol–water partition coefficient (Wildman–Crippen LogP) is 6.21. The Bertz CT molecular complexity index is 1230. The second-order valence-corrected chi connectivity index (χ2v) is 9.45. The monoisotopic (exact) mass is 460 g/mol. The summed E-state index contributed by atoms with van der Waals surface area (Å²) in [6, 6.07) is 37.9. The molecule has 4 aromatic carbocycles. The first-order valence-electron chi connectivity index (χ1n) is 12.1. The number of hydrogen-bond donors (Lipinski definition) is 2. The van der Waals surface area contributed by atoms with Crippen LogP contribution in [0.4, 0.5) is 0 Å². The minimum atomic E-state index is -1.21. The minimum absolute atomic E-state index is 0.565. The van der Waals surface area contributed by atoms with Gasteiger partial charge in [0.2, 0.25) is 0 Å². The minimum Gasteiger partial charge on any atom is -0.379 e. The molecule has 1 aliphatic heterocycles. The molecule has 0 saturated heterocycles. The number of benzene rings is 4. The van der Waals surface area contributed by atoms with Crippen molar-refractivity contribution >= 4 is 0 Å². The summed E-state index contributed by atoms with van der Waals surface area (Å²) in [6.45, 7) is 6.66. The van der Waals surface area contributed by atoms with Crippen LogP contribution in [0.2, 0.25) is 0 Å². The van der Waals surface area contributed by atoms with E-state index in [1.807, 2.05) is 25.3 Å². The fraction of sp³-hybridized carbons (Fsp3) is 0.188. The van der Waals surface area contributed by atoms with Crippen molar-refractivity contribution in [2.24, 2.45) is 0 Å². The summed E-state index contributed by atoms with van der Waals surface area (Å²) >= 11 is 0. The molecule has 0 unspecified atom stereocenters. The Morgan fingerprint density at radius 2 is 1.17 bits per heavy atom. The molecule has 0 aromatic heterocycles. The highest BCUT2D eigenvalue weighted by Crippen LogP contribution is 2.48. The van der Waals surface area contributed by atoms with Gasteiger partial charge in [0.25, 0.3) is 0 Å². The van der Waals surface area contributed by atoms with Crippen LogP contribution in [0.15, 0.2) is 121 Å². The van der Waals surface area contributed by atoms with E-state index in [2.05, 4.69) is 121 Å². The summed E-state index contributed by atoms with van der Waals surface area (Å²) in [5, 5.41) is 15.7. The summed E-state index contributed by atoms with van der Waals surface area (Å²) < 4.78 is 0. The highest BCUT2D eigenvalue weighted by atomic mass is 16.3. The molecule has 35 heavy (non-hydrogen) atoms. The maximum absolute atomic E-state index is 12.2. The number of aryl methyl sites for hydroxylation is 1. The molecule has 3 nitrogen and oxygen atoms in total. The fourth-order valence-electron chi connectivity index (χ4n) is 5.52. The fourth-order valence-corrected chi connectivity index (χ4v) is 5.52. The molecule has 4 aromatic rings. The molecule has 5 rings (SSSR count). The third kappa shape index (κ3) is 3.73. The van der Waals surface area contributed by atoms with Crippen LogP contribution < -0.4 is 5.32 Å². The third-order valence-corrected chi connectivity index (χ3v) is 7.39. The van der Waals surface area contributed by atoms with Gasteiger partial charge in [0.15, 0.2) is 0 Å². The molecule has 0 fully saturated rings. The number of nitrogens with zero attached hydrogens (tertiary/aromatic N) is 1. The lowest BCUT2D eigenvalue weighted by molar-refractivity contribution is 0.0466. The molecule has 0 saturated carbocycles. The molecule has 1 aliphatic rings. The summed E-state index contributed by atoms with van der Waals surface area (Å²) in [6.07, 6.45) is 1.98. The first-order valence-corrected chi connectivity index (χ1v) is 12.1. The van der Waals surface area contributed by atoms with Crippen LogP contribution >= 0.6 is 0 Å². The zero-order valence-electron chi connectivity index (χ0n) is 20.6. The van der Waals surface area contributed by atoms with E-state index in [-0.39, 0.29) is 0 Å². The van der Waals surface area contributed by atoms with Crippen molar-refractivity contribution in [2.75, 3.05) is 6.67 Å². The lowest BCUT2D eigenvalue weighted by atomic mass is 9.74. The van der Waals surface area contributed by atoms with Crippen molar-refractivity contribution in [3.63, 3.8) is 0 Å². The van der Waals surface area contributed by atoms with E-state index in [0.29, 0.717) is 6.67 Å². The second-order valence-electron chi connectivity index (χ2n) is 9.45. The van der Waals surface area contributed by atoms with Crippen LogP contribution in [0.25, 0.3) is 0 Å². The molecule has 1 atom stereocenters. The van der Waals surface area contributed by atoms with Crippen molar-refractivity contribution in [3.05, 3.63) is 154 Å². The lowest BCUT2D eigenvalue weighted by Crippen LogP contribution is -2.51. The normalized spacial score (nSPS) is 15.3. The zero-order valence-corrected chi connectivity index (χ0v) is 20.6. The highest BCUT2D eigenvalue weighted by molar-refractivity contribution is 5.53. The molecule has 1 heterocycles. The maximum atomic E-state index is 12.2. The molecular formula is C32H32N2O. The summed E-state index contributed by atoms with van der Waals surface area (Å²) in [5.41, 5.74) is 5.60. The molecular weight excluding hydrogens is 428 g/mol. The Morgan fingerprint density at radius 1 is 0.686 bits per heavy atom. The molecule has 2 N–H and O–H groups in total. The first-order chi connectivity index (χ1) is 17.0. The van der Waals surface area contributed by atoms with Gasteiger partial charge in [-0.1, -0.05) is 109 Å². The van der Waals surface area contributed by atoms with Crippen LogP contribution in [-0.4, -0.2) is 16.7 Å². The van der Waals surface area contributed by atoms with Gasteiger partial charge in [0, 0.05) is 6.20 Å². The van der Waals surface area contributed by atoms with Gasteiger partial charge in [-0.05, 0) is 54.2 Å². The Balaban J connectivity index is 1.79. The SMILES string of the molecule is Cc1cccc([C@](C)(O)C2=CNCN2C(c2ccccc2)(c2ccccc2)c2ccccc2)c1C. The summed E-state index contributed by atoms with van der Waals surface area (Å²) in [7, 11) is 0. The summed E-state index contributed by atoms with van der Waals surface area (Å²) in [5.74, 6) is 0. The molecule has 0 bridgehead atoms.